The third-order valence-electron chi connectivity index (χ3n) is 2.21. The fourth-order valence-corrected chi connectivity index (χ4v) is 1.44. The van der Waals surface area contributed by atoms with Gasteiger partial charge in [-0.1, -0.05) is 0 Å². The van der Waals surface area contributed by atoms with Gasteiger partial charge in [-0.15, -0.1) is 0 Å². The molecule has 7 nitrogen and oxygen atoms in total. The first-order chi connectivity index (χ1) is 7.76. The second-order valence-corrected chi connectivity index (χ2v) is 3.28. The zero-order valence-corrected chi connectivity index (χ0v) is 9.27. The summed E-state index contributed by atoms with van der Waals surface area (Å²) >= 11 is 0. The predicted octanol–water partition coefficient (Wildman–Crippen LogP) is 0.185. The Morgan fingerprint density at radius 1 is 1.50 bits per heavy atom. The van der Waals surface area contributed by atoms with E-state index in [0.717, 1.165) is 11.0 Å². The van der Waals surface area contributed by atoms with Crippen molar-refractivity contribution in [2.45, 2.75) is 13.5 Å². The van der Waals surface area contributed by atoms with Crippen molar-refractivity contribution in [2.24, 2.45) is 12.9 Å². The summed E-state index contributed by atoms with van der Waals surface area (Å²) in [7, 11) is 1.82. The molecular weight excluding hydrogens is 208 g/mol. The first-order valence-electron chi connectivity index (χ1n) is 4.99. The van der Waals surface area contributed by atoms with E-state index in [0.29, 0.717) is 24.9 Å². The number of nitrogens with one attached hydrogen (secondary N) is 1. The Morgan fingerprint density at radius 2 is 2.31 bits per heavy atom. The molecule has 0 aromatic carbocycles. The molecule has 0 aliphatic rings. The molecule has 0 saturated heterocycles. The van der Waals surface area contributed by atoms with Crippen molar-refractivity contribution in [2.75, 3.05) is 12.0 Å². The molecule has 7 heteroatoms. The third kappa shape index (κ3) is 1.82. The molecule has 0 radical (unpaired) electrons. The number of aryl methyl sites for hydroxylation is 1. The number of nitrogens with zero attached hydrogens (tertiary/aromatic N) is 4. The van der Waals surface area contributed by atoms with Crippen LogP contribution < -0.4 is 11.3 Å². The van der Waals surface area contributed by atoms with Gasteiger partial charge in [0.25, 0.3) is 0 Å². The van der Waals surface area contributed by atoms with Crippen LogP contribution in [0.2, 0.25) is 0 Å². The standard InChI is InChI=1S/C9H14N6O/c1-3-16-5-7-12-8(14-10)6-4-11-15(2)9(6)13-7/h4H,3,5,10H2,1-2H3,(H,12,13,14). The van der Waals surface area contributed by atoms with Gasteiger partial charge in [0.2, 0.25) is 0 Å². The Hall–Kier alpha value is -1.73. The van der Waals surface area contributed by atoms with E-state index in [9.17, 15) is 0 Å². The van der Waals surface area contributed by atoms with Crippen molar-refractivity contribution < 1.29 is 4.74 Å². The van der Waals surface area contributed by atoms with E-state index in [1.807, 2.05) is 14.0 Å². The largest absolute Gasteiger partial charge is 0.374 e. The summed E-state index contributed by atoms with van der Waals surface area (Å²) in [5.41, 5.74) is 3.27. The molecule has 2 rings (SSSR count). The van der Waals surface area contributed by atoms with Gasteiger partial charge in [0.15, 0.2) is 17.3 Å². The van der Waals surface area contributed by atoms with Gasteiger partial charge in [-0.2, -0.15) is 5.10 Å². The fraction of sp³-hybridized carbons (Fsp3) is 0.444. The van der Waals surface area contributed by atoms with E-state index in [4.69, 9.17) is 10.6 Å². The predicted molar refractivity (Wildman–Crippen MR) is 59.4 cm³/mol. The number of nitrogens with two attached hydrogens (primary N) is 1. The molecular formula is C9H14N6O. The first-order valence-corrected chi connectivity index (χ1v) is 4.99. The zero-order valence-electron chi connectivity index (χ0n) is 9.27. The molecule has 16 heavy (non-hydrogen) atoms. The number of aromatic nitrogens is 4. The lowest BCUT2D eigenvalue weighted by Crippen LogP contribution is -2.12. The maximum absolute atomic E-state index is 5.40. The Bertz CT molecular complexity index is 494. The summed E-state index contributed by atoms with van der Waals surface area (Å²) in [4.78, 5) is 8.59. The quantitative estimate of drug-likeness (QED) is 0.566. The smallest absolute Gasteiger partial charge is 0.163 e. The average Bonchev–Trinajstić information content (AvgIpc) is 2.68. The number of ether oxygens (including phenoxy) is 1. The van der Waals surface area contributed by atoms with Crippen LogP contribution in [-0.2, 0) is 18.4 Å². The molecule has 0 spiro atoms. The topological polar surface area (TPSA) is 90.9 Å². The minimum absolute atomic E-state index is 0.367. The molecule has 0 fully saturated rings. The summed E-state index contributed by atoms with van der Waals surface area (Å²) in [6.07, 6.45) is 1.68. The van der Waals surface area contributed by atoms with Gasteiger partial charge in [0.1, 0.15) is 6.61 Å². The van der Waals surface area contributed by atoms with E-state index in [1.54, 1.807) is 10.9 Å². The van der Waals surface area contributed by atoms with Crippen LogP contribution in [0.1, 0.15) is 12.7 Å². The number of nitrogen functional groups attached to an aromatic ring is 1. The van der Waals surface area contributed by atoms with Crippen LogP contribution in [0.4, 0.5) is 5.82 Å². The van der Waals surface area contributed by atoms with E-state index in [1.165, 1.54) is 0 Å². The minimum atomic E-state index is 0.367. The van der Waals surface area contributed by atoms with Crippen LogP contribution in [0, 0.1) is 0 Å². The van der Waals surface area contributed by atoms with E-state index in [-0.39, 0.29) is 0 Å². The second-order valence-electron chi connectivity index (χ2n) is 3.28. The summed E-state index contributed by atoms with van der Waals surface area (Å²) in [6.45, 7) is 2.91. The summed E-state index contributed by atoms with van der Waals surface area (Å²) in [5, 5.41) is 4.90. The van der Waals surface area contributed by atoms with Crippen molar-refractivity contribution >= 4 is 16.9 Å². The van der Waals surface area contributed by atoms with E-state index in [2.05, 4.69) is 20.5 Å². The Labute approximate surface area is 92.6 Å². The number of hydrogen-bond donors (Lipinski definition) is 2. The number of anilines is 1. The molecule has 0 aliphatic carbocycles. The summed E-state index contributed by atoms with van der Waals surface area (Å²) in [6, 6.07) is 0. The van der Waals surface area contributed by atoms with Crippen LogP contribution >= 0.6 is 0 Å². The van der Waals surface area contributed by atoms with Crippen LogP contribution in [0.25, 0.3) is 11.0 Å². The highest BCUT2D eigenvalue weighted by molar-refractivity contribution is 5.86. The fourth-order valence-electron chi connectivity index (χ4n) is 1.44. The van der Waals surface area contributed by atoms with Crippen LogP contribution in [0.3, 0.4) is 0 Å². The highest BCUT2D eigenvalue weighted by Gasteiger charge is 2.10. The summed E-state index contributed by atoms with van der Waals surface area (Å²) < 4.78 is 6.94. The lowest BCUT2D eigenvalue weighted by Gasteiger charge is -2.05. The van der Waals surface area contributed by atoms with Crippen LogP contribution in [0.5, 0.6) is 0 Å². The molecule has 3 N–H and O–H groups in total. The average molecular weight is 222 g/mol. The molecule has 2 aromatic heterocycles. The monoisotopic (exact) mass is 222 g/mol. The number of rotatable bonds is 4. The first kappa shape index (κ1) is 10.8. The maximum Gasteiger partial charge on any atom is 0.163 e. The van der Waals surface area contributed by atoms with Gasteiger partial charge < -0.3 is 10.2 Å². The van der Waals surface area contributed by atoms with E-state index < -0.39 is 0 Å². The van der Waals surface area contributed by atoms with Crippen molar-refractivity contribution in [1.82, 2.24) is 19.7 Å². The van der Waals surface area contributed by atoms with Gasteiger partial charge >= 0.3 is 0 Å². The second kappa shape index (κ2) is 4.42. The Balaban J connectivity index is 2.48. The molecule has 0 bridgehead atoms. The van der Waals surface area contributed by atoms with Gasteiger partial charge in [0.05, 0.1) is 11.6 Å². The Kier molecular flexibility index (Phi) is 2.97. The third-order valence-corrected chi connectivity index (χ3v) is 2.21. The number of hydrazine groups is 1. The molecule has 2 heterocycles. The van der Waals surface area contributed by atoms with Gasteiger partial charge in [-0.25, -0.2) is 15.8 Å². The Morgan fingerprint density at radius 3 is 3.00 bits per heavy atom. The molecule has 0 aliphatic heterocycles. The van der Waals surface area contributed by atoms with Gasteiger partial charge in [-0.3, -0.25) is 4.68 Å². The zero-order chi connectivity index (χ0) is 11.5. The summed E-state index contributed by atoms with van der Waals surface area (Å²) in [5.74, 6) is 6.56. The van der Waals surface area contributed by atoms with Crippen molar-refractivity contribution in [1.29, 1.82) is 0 Å². The molecule has 0 amide bonds. The highest BCUT2D eigenvalue weighted by atomic mass is 16.5. The molecule has 86 valence electrons. The minimum Gasteiger partial charge on any atom is -0.374 e. The normalized spacial score (nSPS) is 10.9. The lowest BCUT2D eigenvalue weighted by atomic mass is 10.4. The van der Waals surface area contributed by atoms with Gasteiger partial charge in [0, 0.05) is 13.7 Å². The molecule has 2 aromatic rings. The highest BCUT2D eigenvalue weighted by Crippen LogP contribution is 2.18. The van der Waals surface area contributed by atoms with Crippen molar-refractivity contribution in [3.8, 4) is 0 Å². The number of hydrogen-bond acceptors (Lipinski definition) is 6. The van der Waals surface area contributed by atoms with E-state index >= 15 is 0 Å². The van der Waals surface area contributed by atoms with Gasteiger partial charge in [-0.05, 0) is 6.92 Å². The maximum atomic E-state index is 5.40. The molecule has 0 saturated carbocycles. The molecule has 0 atom stereocenters. The number of fused-ring (bicyclic) bond motifs is 1. The van der Waals surface area contributed by atoms with Crippen LogP contribution in [0.15, 0.2) is 6.20 Å². The van der Waals surface area contributed by atoms with Crippen molar-refractivity contribution in [3.63, 3.8) is 0 Å². The lowest BCUT2D eigenvalue weighted by molar-refractivity contribution is 0.128. The SMILES string of the molecule is CCOCc1nc(NN)c2cnn(C)c2n1. The van der Waals surface area contributed by atoms with Crippen molar-refractivity contribution in [3.05, 3.63) is 12.0 Å². The van der Waals surface area contributed by atoms with Crippen LogP contribution in [-0.4, -0.2) is 26.4 Å². The molecule has 0 unspecified atom stereocenters.